The third-order valence-corrected chi connectivity index (χ3v) is 3.78. The third-order valence-electron chi connectivity index (χ3n) is 2.79. The van der Waals surface area contributed by atoms with Crippen molar-refractivity contribution in [3.8, 4) is 0 Å². The van der Waals surface area contributed by atoms with Crippen molar-refractivity contribution in [2.75, 3.05) is 0 Å². The second-order valence-corrected chi connectivity index (χ2v) is 5.19. The highest BCUT2D eigenvalue weighted by atomic mass is 32.2. The Bertz CT molecular complexity index is 765. The number of nitrogens with one attached hydrogen (secondary N) is 1. The Balaban J connectivity index is 2.41. The number of carbonyl (C=O) groups excluding carboxylic acids is 1. The fourth-order valence-electron chi connectivity index (χ4n) is 1.79. The topological polar surface area (TPSA) is 111 Å². The Kier molecular flexibility index (Phi) is 4.22. The molecule has 0 aliphatic rings. The molecule has 2 rings (SSSR count). The van der Waals surface area contributed by atoms with Crippen LogP contribution >= 0.6 is 11.8 Å². The number of Topliss-reactive ketones (excluding diaryl/α,β-unsaturated/α-hetero) is 1. The van der Waals surface area contributed by atoms with E-state index in [1.807, 2.05) is 0 Å². The molecule has 2 aromatic rings. The monoisotopic (exact) mass is 308 g/mol. The van der Waals surface area contributed by atoms with Gasteiger partial charge in [-0.2, -0.15) is 0 Å². The molecular weight excluding hydrogens is 296 g/mol. The fourth-order valence-corrected chi connectivity index (χ4v) is 2.72. The van der Waals surface area contributed by atoms with Gasteiger partial charge in [-0.25, -0.2) is 9.89 Å². The molecule has 1 N–H and O–H groups in total. The van der Waals surface area contributed by atoms with E-state index in [4.69, 9.17) is 0 Å². The highest BCUT2D eigenvalue weighted by Gasteiger charge is 2.19. The van der Waals surface area contributed by atoms with Crippen molar-refractivity contribution in [2.45, 2.75) is 30.4 Å². The molecule has 21 heavy (non-hydrogen) atoms. The van der Waals surface area contributed by atoms with Crippen LogP contribution in [-0.2, 0) is 6.54 Å². The van der Waals surface area contributed by atoms with Crippen LogP contribution in [0.4, 0.5) is 5.69 Å². The zero-order valence-electron chi connectivity index (χ0n) is 11.3. The molecule has 0 fully saturated rings. The summed E-state index contributed by atoms with van der Waals surface area (Å²) in [7, 11) is 0. The first-order chi connectivity index (χ1) is 9.93. The number of nitrogens with zero attached hydrogens (tertiary/aromatic N) is 3. The molecular formula is C12H12N4O4S. The predicted octanol–water partition coefficient (Wildman–Crippen LogP) is 1.85. The molecule has 0 atom stereocenters. The van der Waals surface area contributed by atoms with Gasteiger partial charge in [0.05, 0.1) is 10.5 Å². The quantitative estimate of drug-likeness (QED) is 0.512. The molecule has 0 saturated heterocycles. The Morgan fingerprint density at radius 1 is 1.52 bits per heavy atom. The molecule has 110 valence electrons. The van der Waals surface area contributed by atoms with E-state index in [0.717, 1.165) is 11.8 Å². The molecule has 0 unspecified atom stereocenters. The molecule has 0 aliphatic carbocycles. The van der Waals surface area contributed by atoms with Gasteiger partial charge in [0, 0.05) is 17.5 Å². The third kappa shape index (κ3) is 3.02. The van der Waals surface area contributed by atoms with Crippen LogP contribution in [0.15, 0.2) is 33.0 Å². The number of ketones is 1. The zero-order valence-corrected chi connectivity index (χ0v) is 12.1. The van der Waals surface area contributed by atoms with Crippen molar-refractivity contribution in [3.05, 3.63) is 44.4 Å². The number of nitro benzene ring substituents is 1. The van der Waals surface area contributed by atoms with Crippen molar-refractivity contribution in [1.29, 1.82) is 0 Å². The minimum Gasteiger partial charge on any atom is -0.294 e. The van der Waals surface area contributed by atoms with Crippen LogP contribution in [0.3, 0.4) is 0 Å². The molecule has 9 heteroatoms. The summed E-state index contributed by atoms with van der Waals surface area (Å²) in [4.78, 5) is 33.8. The molecule has 8 nitrogen and oxygen atoms in total. The second-order valence-electron chi connectivity index (χ2n) is 4.15. The molecule has 0 saturated carbocycles. The summed E-state index contributed by atoms with van der Waals surface area (Å²) in [6.45, 7) is 3.51. The first-order valence-corrected chi connectivity index (χ1v) is 6.88. The summed E-state index contributed by atoms with van der Waals surface area (Å²) < 4.78 is 1.41. The molecule has 1 aromatic carbocycles. The number of rotatable bonds is 5. The van der Waals surface area contributed by atoms with E-state index in [9.17, 15) is 19.7 Å². The molecule has 0 amide bonds. The van der Waals surface area contributed by atoms with Gasteiger partial charge < -0.3 is 0 Å². The number of hydrogen-bond acceptors (Lipinski definition) is 6. The van der Waals surface area contributed by atoms with E-state index in [0.29, 0.717) is 16.6 Å². The smallest absolute Gasteiger partial charge is 0.294 e. The highest BCUT2D eigenvalue weighted by Crippen LogP contribution is 2.30. The lowest BCUT2D eigenvalue weighted by Crippen LogP contribution is -2.16. The number of H-pyrrole nitrogens is 1. The Labute approximate surface area is 123 Å². The van der Waals surface area contributed by atoms with Crippen LogP contribution in [0.5, 0.6) is 0 Å². The van der Waals surface area contributed by atoms with Crippen LogP contribution < -0.4 is 5.69 Å². The number of aromatic nitrogens is 3. The van der Waals surface area contributed by atoms with Crippen LogP contribution in [-0.4, -0.2) is 25.5 Å². The molecule has 1 aromatic heterocycles. The number of carbonyl (C=O) groups is 1. The molecule has 0 aliphatic heterocycles. The van der Waals surface area contributed by atoms with Crippen molar-refractivity contribution in [2.24, 2.45) is 0 Å². The van der Waals surface area contributed by atoms with Gasteiger partial charge in [-0.05, 0) is 37.7 Å². The molecule has 0 spiro atoms. The summed E-state index contributed by atoms with van der Waals surface area (Å²) in [5, 5.41) is 17.6. The van der Waals surface area contributed by atoms with E-state index in [1.54, 1.807) is 13.0 Å². The Morgan fingerprint density at radius 3 is 2.81 bits per heavy atom. The maximum atomic E-state index is 11.5. The van der Waals surface area contributed by atoms with Crippen molar-refractivity contribution < 1.29 is 9.72 Å². The number of nitro groups is 1. The second kappa shape index (κ2) is 5.92. The van der Waals surface area contributed by atoms with Crippen LogP contribution in [0.25, 0.3) is 0 Å². The molecule has 1 heterocycles. The lowest BCUT2D eigenvalue weighted by Gasteiger charge is -2.04. The van der Waals surface area contributed by atoms with Crippen molar-refractivity contribution >= 4 is 23.2 Å². The van der Waals surface area contributed by atoms with Crippen LogP contribution in [0.2, 0.25) is 0 Å². The van der Waals surface area contributed by atoms with Gasteiger partial charge >= 0.3 is 5.69 Å². The summed E-state index contributed by atoms with van der Waals surface area (Å²) in [6, 6.07) is 4.30. The summed E-state index contributed by atoms with van der Waals surface area (Å²) in [6.07, 6.45) is 0. The lowest BCUT2D eigenvalue weighted by molar-refractivity contribution is -0.385. The van der Waals surface area contributed by atoms with Gasteiger partial charge in [0.25, 0.3) is 5.69 Å². The SMILES string of the molecule is CCn1c(Sc2ccc(C(C)=O)c([N+](=O)[O-])c2)n[nH]c1=O. The Hall–Kier alpha value is -2.42. The maximum absolute atomic E-state index is 11.5. The Morgan fingerprint density at radius 2 is 2.24 bits per heavy atom. The largest absolute Gasteiger partial charge is 0.343 e. The average molecular weight is 308 g/mol. The summed E-state index contributed by atoms with van der Waals surface area (Å²) in [5.74, 6) is -0.372. The molecule has 0 bridgehead atoms. The zero-order chi connectivity index (χ0) is 15.6. The minimum atomic E-state index is -0.599. The lowest BCUT2D eigenvalue weighted by atomic mass is 10.1. The number of hydrogen-bond donors (Lipinski definition) is 1. The normalized spacial score (nSPS) is 10.6. The van der Waals surface area contributed by atoms with E-state index >= 15 is 0 Å². The van der Waals surface area contributed by atoms with Gasteiger partial charge in [-0.1, -0.05) is 0 Å². The predicted molar refractivity (Wildman–Crippen MR) is 75.7 cm³/mol. The van der Waals surface area contributed by atoms with E-state index in [1.165, 1.54) is 23.6 Å². The number of benzene rings is 1. The van der Waals surface area contributed by atoms with E-state index in [-0.39, 0.29) is 22.7 Å². The fraction of sp³-hybridized carbons (Fsp3) is 0.250. The van der Waals surface area contributed by atoms with Crippen molar-refractivity contribution in [3.63, 3.8) is 0 Å². The average Bonchev–Trinajstić information content (AvgIpc) is 2.78. The maximum Gasteiger partial charge on any atom is 0.343 e. The van der Waals surface area contributed by atoms with Crippen LogP contribution in [0.1, 0.15) is 24.2 Å². The minimum absolute atomic E-state index is 0.0549. The highest BCUT2D eigenvalue weighted by molar-refractivity contribution is 7.99. The summed E-state index contributed by atoms with van der Waals surface area (Å²) >= 11 is 1.12. The van der Waals surface area contributed by atoms with Gasteiger partial charge in [-0.15, -0.1) is 5.10 Å². The van der Waals surface area contributed by atoms with Gasteiger partial charge in [0.15, 0.2) is 10.9 Å². The first kappa shape index (κ1) is 15.0. The van der Waals surface area contributed by atoms with Gasteiger partial charge in [0.1, 0.15) is 0 Å². The van der Waals surface area contributed by atoms with E-state index < -0.39 is 4.92 Å². The van der Waals surface area contributed by atoms with Gasteiger partial charge in [0.2, 0.25) is 0 Å². The van der Waals surface area contributed by atoms with Crippen LogP contribution in [0, 0.1) is 10.1 Å². The standard InChI is InChI=1S/C12H12N4O4S/c1-3-15-11(18)13-14-12(15)21-8-4-5-9(7(2)17)10(6-8)16(19)20/h4-6H,3H2,1-2H3,(H,13,18). The molecule has 0 radical (unpaired) electrons. The first-order valence-electron chi connectivity index (χ1n) is 6.06. The van der Waals surface area contributed by atoms with Crippen molar-refractivity contribution in [1.82, 2.24) is 14.8 Å². The summed E-state index contributed by atoms with van der Waals surface area (Å²) in [5.41, 5.74) is -0.539. The number of aromatic amines is 1. The van der Waals surface area contributed by atoms with E-state index in [2.05, 4.69) is 10.2 Å². The van der Waals surface area contributed by atoms with Gasteiger partial charge in [-0.3, -0.25) is 19.5 Å².